The lowest BCUT2D eigenvalue weighted by Crippen LogP contribution is -2.09. The number of nitrogens with zero attached hydrogens (tertiary/aromatic N) is 1. The molecule has 2 rings (SSSR count). The number of halogens is 1. The Bertz CT molecular complexity index is 601. The summed E-state index contributed by atoms with van der Waals surface area (Å²) in [7, 11) is 0. The maximum Gasteiger partial charge on any atom is 0.265 e. The topological polar surface area (TPSA) is 52.9 Å². The van der Waals surface area contributed by atoms with E-state index in [1.807, 2.05) is 12.1 Å². The predicted molar refractivity (Wildman–Crippen MR) is 71.1 cm³/mol. The molecule has 3 nitrogen and oxygen atoms in total. The van der Waals surface area contributed by atoms with Gasteiger partial charge < -0.3 is 5.32 Å². The number of anilines is 1. The van der Waals surface area contributed by atoms with Crippen molar-refractivity contribution >= 4 is 38.9 Å². The van der Waals surface area contributed by atoms with Crippen LogP contribution in [-0.4, -0.2) is 5.91 Å². The fourth-order valence-electron chi connectivity index (χ4n) is 1.30. The first-order chi connectivity index (χ1) is 8.19. The highest BCUT2D eigenvalue weighted by Gasteiger charge is 2.08. The number of carbonyl (C=O) groups is 1. The molecule has 1 heterocycles. The van der Waals surface area contributed by atoms with Gasteiger partial charge in [-0.25, -0.2) is 0 Å². The number of thiophene rings is 1. The standard InChI is InChI=1S/C12H7BrN2OS/c13-11-5-4-10(17-11)12(16)15-9-3-1-2-8(6-9)7-14/h1-6H,(H,15,16). The summed E-state index contributed by atoms with van der Waals surface area (Å²) in [5.74, 6) is -0.171. The fraction of sp³-hybridized carbons (Fsp3) is 0. The minimum absolute atomic E-state index is 0.171. The van der Waals surface area contributed by atoms with Crippen molar-refractivity contribution in [2.45, 2.75) is 0 Å². The van der Waals surface area contributed by atoms with Crippen LogP contribution in [-0.2, 0) is 0 Å². The smallest absolute Gasteiger partial charge is 0.265 e. The van der Waals surface area contributed by atoms with Crippen LogP contribution in [0.1, 0.15) is 15.2 Å². The van der Waals surface area contributed by atoms with Gasteiger partial charge in [0.05, 0.1) is 20.3 Å². The molecule has 2 aromatic rings. The Morgan fingerprint density at radius 3 is 2.82 bits per heavy atom. The summed E-state index contributed by atoms with van der Waals surface area (Å²) in [5, 5.41) is 11.5. The molecular formula is C12H7BrN2OS. The largest absolute Gasteiger partial charge is 0.321 e. The van der Waals surface area contributed by atoms with Crippen molar-refractivity contribution in [3.05, 3.63) is 50.6 Å². The third-order valence-corrected chi connectivity index (χ3v) is 3.67. The molecular weight excluding hydrogens is 300 g/mol. The lowest BCUT2D eigenvalue weighted by molar-refractivity contribution is 0.103. The monoisotopic (exact) mass is 306 g/mol. The quantitative estimate of drug-likeness (QED) is 0.921. The number of benzene rings is 1. The molecule has 0 radical (unpaired) electrons. The van der Waals surface area contributed by atoms with Crippen molar-refractivity contribution in [2.75, 3.05) is 5.32 Å². The van der Waals surface area contributed by atoms with E-state index in [2.05, 4.69) is 21.2 Å². The van der Waals surface area contributed by atoms with Crippen molar-refractivity contribution < 1.29 is 4.79 Å². The summed E-state index contributed by atoms with van der Waals surface area (Å²) in [5.41, 5.74) is 1.15. The number of amides is 1. The second-order valence-corrected chi connectivity index (χ2v) is 5.71. The normalized spacial score (nSPS) is 9.65. The highest BCUT2D eigenvalue weighted by atomic mass is 79.9. The van der Waals surface area contributed by atoms with E-state index in [-0.39, 0.29) is 5.91 Å². The Morgan fingerprint density at radius 1 is 1.35 bits per heavy atom. The van der Waals surface area contributed by atoms with E-state index >= 15 is 0 Å². The maximum absolute atomic E-state index is 11.8. The molecule has 0 saturated heterocycles. The fourth-order valence-corrected chi connectivity index (χ4v) is 2.58. The van der Waals surface area contributed by atoms with Crippen LogP contribution in [0.4, 0.5) is 5.69 Å². The zero-order valence-corrected chi connectivity index (χ0v) is 11.0. The molecule has 1 amide bonds. The molecule has 0 aliphatic rings. The van der Waals surface area contributed by atoms with Crippen molar-refractivity contribution in [1.82, 2.24) is 0 Å². The van der Waals surface area contributed by atoms with Gasteiger partial charge in [-0.3, -0.25) is 4.79 Å². The molecule has 0 bridgehead atoms. The summed E-state index contributed by atoms with van der Waals surface area (Å²) < 4.78 is 0.911. The average molecular weight is 307 g/mol. The van der Waals surface area contributed by atoms with Crippen LogP contribution in [0.2, 0.25) is 0 Å². The third-order valence-electron chi connectivity index (χ3n) is 2.05. The van der Waals surface area contributed by atoms with E-state index in [1.54, 1.807) is 30.3 Å². The van der Waals surface area contributed by atoms with E-state index in [0.29, 0.717) is 16.1 Å². The van der Waals surface area contributed by atoms with Gasteiger partial charge in [-0.2, -0.15) is 5.26 Å². The highest BCUT2D eigenvalue weighted by molar-refractivity contribution is 9.11. The number of carbonyl (C=O) groups excluding carboxylic acids is 1. The van der Waals surface area contributed by atoms with E-state index in [0.717, 1.165) is 3.79 Å². The molecule has 0 unspecified atom stereocenters. The Hall–Kier alpha value is -1.64. The summed E-state index contributed by atoms with van der Waals surface area (Å²) in [6.45, 7) is 0. The first-order valence-corrected chi connectivity index (χ1v) is 6.37. The zero-order valence-electron chi connectivity index (χ0n) is 8.61. The van der Waals surface area contributed by atoms with Crippen molar-refractivity contribution in [3.63, 3.8) is 0 Å². The van der Waals surface area contributed by atoms with Crippen LogP contribution >= 0.6 is 27.3 Å². The molecule has 84 valence electrons. The zero-order chi connectivity index (χ0) is 12.3. The van der Waals surface area contributed by atoms with E-state index in [1.165, 1.54) is 11.3 Å². The summed E-state index contributed by atoms with van der Waals surface area (Å²) in [6.07, 6.45) is 0. The van der Waals surface area contributed by atoms with Crippen LogP contribution in [0.25, 0.3) is 0 Å². The van der Waals surface area contributed by atoms with Crippen LogP contribution < -0.4 is 5.32 Å². The third kappa shape index (κ3) is 2.93. The molecule has 0 aliphatic carbocycles. The number of nitrogens with one attached hydrogen (secondary N) is 1. The molecule has 0 fully saturated rings. The highest BCUT2D eigenvalue weighted by Crippen LogP contribution is 2.23. The average Bonchev–Trinajstić information content (AvgIpc) is 2.76. The van der Waals surface area contributed by atoms with Gasteiger partial charge in [-0.1, -0.05) is 6.07 Å². The Balaban J connectivity index is 2.16. The molecule has 5 heteroatoms. The lowest BCUT2D eigenvalue weighted by atomic mass is 10.2. The maximum atomic E-state index is 11.8. The molecule has 1 aromatic carbocycles. The number of hydrogen-bond acceptors (Lipinski definition) is 3. The van der Waals surface area contributed by atoms with Crippen LogP contribution in [0.15, 0.2) is 40.2 Å². The summed E-state index contributed by atoms with van der Waals surface area (Å²) in [4.78, 5) is 12.4. The second kappa shape index (κ2) is 5.13. The SMILES string of the molecule is N#Cc1cccc(NC(=O)c2ccc(Br)s2)c1. The Labute approximate surface area is 111 Å². The van der Waals surface area contributed by atoms with Crippen LogP contribution in [0, 0.1) is 11.3 Å². The van der Waals surface area contributed by atoms with Gasteiger partial charge in [-0.05, 0) is 46.3 Å². The number of rotatable bonds is 2. The van der Waals surface area contributed by atoms with Crippen molar-refractivity contribution in [1.29, 1.82) is 5.26 Å². The van der Waals surface area contributed by atoms with E-state index in [4.69, 9.17) is 5.26 Å². The Morgan fingerprint density at radius 2 is 2.18 bits per heavy atom. The first kappa shape index (κ1) is 11.8. The van der Waals surface area contributed by atoms with Gasteiger partial charge in [0.2, 0.25) is 0 Å². The van der Waals surface area contributed by atoms with Crippen LogP contribution in [0.3, 0.4) is 0 Å². The van der Waals surface area contributed by atoms with E-state index in [9.17, 15) is 4.79 Å². The molecule has 0 saturated carbocycles. The van der Waals surface area contributed by atoms with Gasteiger partial charge in [0.15, 0.2) is 0 Å². The van der Waals surface area contributed by atoms with Gasteiger partial charge in [-0.15, -0.1) is 11.3 Å². The molecule has 0 atom stereocenters. The molecule has 17 heavy (non-hydrogen) atoms. The first-order valence-electron chi connectivity index (χ1n) is 4.76. The molecule has 1 N–H and O–H groups in total. The van der Waals surface area contributed by atoms with Gasteiger partial charge in [0.25, 0.3) is 5.91 Å². The van der Waals surface area contributed by atoms with Gasteiger partial charge >= 0.3 is 0 Å². The predicted octanol–water partition coefficient (Wildman–Crippen LogP) is 3.63. The minimum Gasteiger partial charge on any atom is -0.321 e. The lowest BCUT2D eigenvalue weighted by Gasteiger charge is -2.03. The molecule has 1 aromatic heterocycles. The van der Waals surface area contributed by atoms with Gasteiger partial charge in [0.1, 0.15) is 0 Å². The van der Waals surface area contributed by atoms with Crippen molar-refractivity contribution in [3.8, 4) is 6.07 Å². The Kier molecular flexibility index (Phi) is 3.57. The molecule has 0 spiro atoms. The number of hydrogen-bond donors (Lipinski definition) is 1. The minimum atomic E-state index is -0.171. The van der Waals surface area contributed by atoms with Crippen molar-refractivity contribution in [2.24, 2.45) is 0 Å². The van der Waals surface area contributed by atoms with Crippen LogP contribution in [0.5, 0.6) is 0 Å². The van der Waals surface area contributed by atoms with Gasteiger partial charge in [0, 0.05) is 5.69 Å². The second-order valence-electron chi connectivity index (χ2n) is 3.25. The summed E-state index contributed by atoms with van der Waals surface area (Å²) in [6, 6.07) is 12.4. The summed E-state index contributed by atoms with van der Waals surface area (Å²) >= 11 is 4.67. The number of nitriles is 1. The molecule has 0 aliphatic heterocycles. The van der Waals surface area contributed by atoms with E-state index < -0.39 is 0 Å².